The molecule has 106 valence electrons. The van der Waals surface area contributed by atoms with Crippen LogP contribution in [0.25, 0.3) is 10.2 Å². The number of hydrogen-bond acceptors (Lipinski definition) is 5. The highest BCUT2D eigenvalue weighted by molar-refractivity contribution is 7.22. The molecule has 0 spiro atoms. The molecule has 0 amide bonds. The largest absolute Gasteiger partial charge is 0.496 e. The highest BCUT2D eigenvalue weighted by Gasteiger charge is 2.06. The molecule has 0 bridgehead atoms. The fourth-order valence-corrected chi connectivity index (χ4v) is 2.86. The van der Waals surface area contributed by atoms with Gasteiger partial charge >= 0.3 is 0 Å². The van der Waals surface area contributed by atoms with Crippen LogP contribution in [0.5, 0.6) is 5.75 Å². The lowest BCUT2D eigenvalue weighted by Gasteiger charge is -2.07. The second kappa shape index (κ2) is 5.93. The van der Waals surface area contributed by atoms with Gasteiger partial charge in [0, 0.05) is 5.56 Å². The summed E-state index contributed by atoms with van der Waals surface area (Å²) in [4.78, 5) is 4.49. The zero-order valence-electron chi connectivity index (χ0n) is 11.8. The average Bonchev–Trinajstić information content (AvgIpc) is 2.95. The van der Waals surface area contributed by atoms with Gasteiger partial charge in [-0.2, -0.15) is 5.10 Å². The molecule has 0 saturated carbocycles. The number of hydrogen-bond donors (Lipinski definition) is 1. The molecule has 0 fully saturated rings. The minimum absolute atomic E-state index is 0.783. The van der Waals surface area contributed by atoms with E-state index in [2.05, 4.69) is 21.6 Å². The zero-order valence-corrected chi connectivity index (χ0v) is 12.6. The van der Waals surface area contributed by atoms with Gasteiger partial charge in [-0.1, -0.05) is 35.6 Å². The second-order valence-electron chi connectivity index (χ2n) is 4.50. The van der Waals surface area contributed by atoms with Crippen molar-refractivity contribution in [3.63, 3.8) is 0 Å². The van der Waals surface area contributed by atoms with Crippen LogP contribution in [0.2, 0.25) is 0 Å². The molecule has 21 heavy (non-hydrogen) atoms. The van der Waals surface area contributed by atoms with Crippen molar-refractivity contribution in [2.45, 2.75) is 6.92 Å². The van der Waals surface area contributed by atoms with Crippen molar-refractivity contribution in [3.8, 4) is 5.75 Å². The fraction of sp³-hybridized carbons (Fsp3) is 0.125. The Balaban J connectivity index is 1.84. The van der Waals surface area contributed by atoms with E-state index < -0.39 is 0 Å². The van der Waals surface area contributed by atoms with E-state index in [4.69, 9.17) is 4.74 Å². The number of para-hydroxylation sites is 2. The van der Waals surface area contributed by atoms with Crippen LogP contribution in [0.1, 0.15) is 12.5 Å². The van der Waals surface area contributed by atoms with Gasteiger partial charge in [0.1, 0.15) is 5.75 Å². The molecule has 1 aromatic heterocycles. The highest BCUT2D eigenvalue weighted by Crippen LogP contribution is 2.25. The first-order valence-corrected chi connectivity index (χ1v) is 7.39. The predicted octanol–water partition coefficient (Wildman–Crippen LogP) is 4.14. The second-order valence-corrected chi connectivity index (χ2v) is 5.53. The molecule has 2 aromatic carbocycles. The molecule has 1 N–H and O–H groups in total. The molecule has 0 aliphatic heterocycles. The van der Waals surface area contributed by atoms with Gasteiger partial charge in [-0.05, 0) is 31.2 Å². The maximum Gasteiger partial charge on any atom is 0.204 e. The fourth-order valence-electron chi connectivity index (χ4n) is 2.06. The van der Waals surface area contributed by atoms with E-state index in [1.165, 1.54) is 0 Å². The van der Waals surface area contributed by atoms with Crippen molar-refractivity contribution in [1.29, 1.82) is 0 Å². The zero-order chi connectivity index (χ0) is 14.7. The minimum Gasteiger partial charge on any atom is -0.496 e. The number of ether oxygens (including phenoxy) is 1. The number of nitrogens with one attached hydrogen (secondary N) is 1. The van der Waals surface area contributed by atoms with Crippen LogP contribution >= 0.6 is 11.3 Å². The van der Waals surface area contributed by atoms with Crippen LogP contribution in [0.3, 0.4) is 0 Å². The third-order valence-corrected chi connectivity index (χ3v) is 4.05. The summed E-state index contributed by atoms with van der Waals surface area (Å²) in [5.41, 5.74) is 5.82. The Morgan fingerprint density at radius 2 is 1.90 bits per heavy atom. The minimum atomic E-state index is 0.783. The van der Waals surface area contributed by atoms with E-state index in [0.29, 0.717) is 0 Å². The van der Waals surface area contributed by atoms with Crippen molar-refractivity contribution in [2.75, 3.05) is 12.5 Å². The SMILES string of the molecule is COc1ccccc1/C(C)=N/Nc1nc2ccccc2s1. The normalized spacial score (nSPS) is 11.6. The summed E-state index contributed by atoms with van der Waals surface area (Å²) < 4.78 is 6.49. The van der Waals surface area contributed by atoms with Gasteiger partial charge in [-0.25, -0.2) is 4.98 Å². The molecule has 4 nitrogen and oxygen atoms in total. The first-order valence-electron chi connectivity index (χ1n) is 6.57. The Hall–Kier alpha value is -2.40. The number of nitrogens with zero attached hydrogens (tertiary/aromatic N) is 2. The standard InChI is InChI=1S/C16H15N3OS/c1-11(12-7-3-5-9-14(12)20-2)18-19-16-17-13-8-4-6-10-15(13)21-16/h3-10H,1-2H3,(H,17,19)/b18-11+. The summed E-state index contributed by atoms with van der Waals surface area (Å²) in [7, 11) is 1.66. The lowest BCUT2D eigenvalue weighted by molar-refractivity contribution is 0.414. The van der Waals surface area contributed by atoms with Crippen LogP contribution < -0.4 is 10.2 Å². The molecule has 0 unspecified atom stereocenters. The van der Waals surface area contributed by atoms with Crippen LogP contribution in [0.15, 0.2) is 53.6 Å². The third-order valence-electron chi connectivity index (χ3n) is 3.11. The molecule has 0 aliphatic carbocycles. The van der Waals surface area contributed by atoms with Gasteiger partial charge in [-0.15, -0.1) is 0 Å². The molecule has 0 saturated heterocycles. The molecule has 1 heterocycles. The van der Waals surface area contributed by atoms with Crippen molar-refractivity contribution in [2.24, 2.45) is 5.10 Å². The summed E-state index contributed by atoms with van der Waals surface area (Å²) >= 11 is 1.58. The monoisotopic (exact) mass is 297 g/mol. The van der Waals surface area contributed by atoms with Gasteiger partial charge in [0.15, 0.2) is 0 Å². The maximum atomic E-state index is 5.34. The number of methoxy groups -OCH3 is 1. The molecule has 3 aromatic rings. The summed E-state index contributed by atoms with van der Waals surface area (Å²) in [5, 5.41) is 5.19. The average molecular weight is 297 g/mol. The lowest BCUT2D eigenvalue weighted by Crippen LogP contribution is -2.02. The Morgan fingerprint density at radius 1 is 1.14 bits per heavy atom. The molecule has 0 atom stereocenters. The van der Waals surface area contributed by atoms with Crippen LogP contribution in [-0.2, 0) is 0 Å². The van der Waals surface area contributed by atoms with Crippen molar-refractivity contribution in [1.82, 2.24) is 4.98 Å². The van der Waals surface area contributed by atoms with E-state index in [1.807, 2.05) is 49.4 Å². The smallest absolute Gasteiger partial charge is 0.204 e. The Morgan fingerprint density at radius 3 is 2.71 bits per heavy atom. The highest BCUT2D eigenvalue weighted by atomic mass is 32.1. The Labute approximate surface area is 127 Å². The van der Waals surface area contributed by atoms with Gasteiger partial charge in [-0.3, -0.25) is 5.43 Å². The van der Waals surface area contributed by atoms with Gasteiger partial charge in [0.05, 0.1) is 23.0 Å². The first-order chi connectivity index (χ1) is 10.3. The van der Waals surface area contributed by atoms with Gasteiger partial charge in [0.2, 0.25) is 5.13 Å². The van der Waals surface area contributed by atoms with Gasteiger partial charge < -0.3 is 4.74 Å². The number of aromatic nitrogens is 1. The number of benzene rings is 2. The summed E-state index contributed by atoms with van der Waals surface area (Å²) in [5.74, 6) is 0.810. The molecule has 3 rings (SSSR count). The number of rotatable bonds is 4. The molecule has 0 radical (unpaired) electrons. The molecular formula is C16H15N3OS. The number of fused-ring (bicyclic) bond motifs is 1. The van der Waals surface area contributed by atoms with Crippen molar-refractivity contribution < 1.29 is 4.74 Å². The molecule has 5 heteroatoms. The lowest BCUT2D eigenvalue weighted by atomic mass is 10.1. The molecular weight excluding hydrogens is 282 g/mol. The van der Waals surface area contributed by atoms with E-state index in [0.717, 1.165) is 32.4 Å². The maximum absolute atomic E-state index is 5.34. The van der Waals surface area contributed by atoms with Crippen LogP contribution in [-0.4, -0.2) is 17.8 Å². The Bertz CT molecular complexity index is 762. The van der Waals surface area contributed by atoms with Gasteiger partial charge in [0.25, 0.3) is 0 Å². The molecule has 0 aliphatic rings. The van der Waals surface area contributed by atoms with E-state index in [1.54, 1.807) is 18.4 Å². The summed E-state index contributed by atoms with van der Waals surface area (Å²) in [6.07, 6.45) is 0. The van der Waals surface area contributed by atoms with Crippen molar-refractivity contribution in [3.05, 3.63) is 54.1 Å². The van der Waals surface area contributed by atoms with Crippen molar-refractivity contribution >= 4 is 32.4 Å². The number of anilines is 1. The Kier molecular flexibility index (Phi) is 3.83. The summed E-state index contributed by atoms with van der Waals surface area (Å²) in [6, 6.07) is 15.8. The van der Waals surface area contributed by atoms with E-state index >= 15 is 0 Å². The summed E-state index contributed by atoms with van der Waals surface area (Å²) in [6.45, 7) is 1.94. The van der Waals surface area contributed by atoms with Crippen LogP contribution in [0, 0.1) is 0 Å². The van der Waals surface area contributed by atoms with E-state index in [-0.39, 0.29) is 0 Å². The quantitative estimate of drug-likeness (QED) is 0.581. The third kappa shape index (κ3) is 2.87. The number of thiazole rings is 1. The topological polar surface area (TPSA) is 46.5 Å². The number of hydrazone groups is 1. The van der Waals surface area contributed by atoms with E-state index in [9.17, 15) is 0 Å². The van der Waals surface area contributed by atoms with Crippen LogP contribution in [0.4, 0.5) is 5.13 Å². The first kappa shape index (κ1) is 13.6. The predicted molar refractivity (Wildman–Crippen MR) is 88.4 cm³/mol.